The van der Waals surface area contributed by atoms with Crippen LogP contribution in [0.1, 0.15) is 24.5 Å². The maximum absolute atomic E-state index is 11.7. The predicted molar refractivity (Wildman–Crippen MR) is 67.8 cm³/mol. The molecular weight excluding hydrogens is 252 g/mol. The van der Waals surface area contributed by atoms with Gasteiger partial charge in [-0.15, -0.1) is 0 Å². The van der Waals surface area contributed by atoms with E-state index in [0.717, 1.165) is 11.1 Å². The number of hydrogen-bond donors (Lipinski definition) is 2. The van der Waals surface area contributed by atoms with Crippen molar-refractivity contribution in [3.8, 4) is 6.07 Å². The molecular formula is C12H16N2O3S. The van der Waals surface area contributed by atoms with Gasteiger partial charge < -0.3 is 5.11 Å². The summed E-state index contributed by atoms with van der Waals surface area (Å²) in [6, 6.07) is 8.69. The Labute approximate surface area is 107 Å². The third-order valence-electron chi connectivity index (χ3n) is 2.57. The van der Waals surface area contributed by atoms with E-state index in [9.17, 15) is 8.42 Å². The molecule has 0 aromatic heterocycles. The van der Waals surface area contributed by atoms with Gasteiger partial charge in [0.25, 0.3) is 0 Å². The topological polar surface area (TPSA) is 90.2 Å². The van der Waals surface area contributed by atoms with E-state index in [0.29, 0.717) is 0 Å². The SMILES string of the molecule is CCC(C#N)S(=O)(=O)NCc1ccc(CO)cc1. The van der Waals surface area contributed by atoms with E-state index in [1.165, 1.54) is 0 Å². The zero-order chi connectivity index (χ0) is 13.6. The normalized spacial score (nSPS) is 12.9. The average molecular weight is 268 g/mol. The summed E-state index contributed by atoms with van der Waals surface area (Å²) >= 11 is 0. The highest BCUT2D eigenvalue weighted by molar-refractivity contribution is 7.90. The van der Waals surface area contributed by atoms with E-state index < -0.39 is 15.3 Å². The van der Waals surface area contributed by atoms with Crippen LogP contribution in [0.4, 0.5) is 0 Å². The number of aliphatic hydroxyl groups is 1. The Morgan fingerprint density at radius 1 is 1.33 bits per heavy atom. The van der Waals surface area contributed by atoms with E-state index in [2.05, 4.69) is 4.72 Å². The highest BCUT2D eigenvalue weighted by Gasteiger charge is 2.22. The largest absolute Gasteiger partial charge is 0.392 e. The van der Waals surface area contributed by atoms with Crippen LogP contribution in [0, 0.1) is 11.3 Å². The number of hydrogen-bond acceptors (Lipinski definition) is 4. The van der Waals surface area contributed by atoms with Gasteiger partial charge in [0, 0.05) is 6.54 Å². The highest BCUT2D eigenvalue weighted by atomic mass is 32.2. The second-order valence-electron chi connectivity index (χ2n) is 3.87. The molecule has 0 saturated carbocycles. The van der Waals surface area contributed by atoms with Gasteiger partial charge in [0.2, 0.25) is 10.0 Å². The lowest BCUT2D eigenvalue weighted by molar-refractivity contribution is 0.282. The van der Waals surface area contributed by atoms with Gasteiger partial charge in [0.05, 0.1) is 12.7 Å². The first-order chi connectivity index (χ1) is 8.53. The lowest BCUT2D eigenvalue weighted by Gasteiger charge is -2.10. The van der Waals surface area contributed by atoms with Crippen molar-refractivity contribution in [2.24, 2.45) is 0 Å². The Balaban J connectivity index is 2.67. The molecule has 0 radical (unpaired) electrons. The number of nitriles is 1. The summed E-state index contributed by atoms with van der Waals surface area (Å²) in [5.41, 5.74) is 1.55. The fraction of sp³-hybridized carbons (Fsp3) is 0.417. The summed E-state index contributed by atoms with van der Waals surface area (Å²) in [6.45, 7) is 1.76. The molecule has 6 heteroatoms. The lowest BCUT2D eigenvalue weighted by Crippen LogP contribution is -2.32. The van der Waals surface area contributed by atoms with Gasteiger partial charge in [-0.1, -0.05) is 31.2 Å². The predicted octanol–water partition coefficient (Wildman–Crippen LogP) is 0.900. The number of aliphatic hydroxyl groups excluding tert-OH is 1. The monoisotopic (exact) mass is 268 g/mol. The minimum Gasteiger partial charge on any atom is -0.392 e. The number of nitrogens with one attached hydrogen (secondary N) is 1. The minimum absolute atomic E-state index is 0.0433. The maximum Gasteiger partial charge on any atom is 0.228 e. The Morgan fingerprint density at radius 3 is 2.33 bits per heavy atom. The van der Waals surface area contributed by atoms with Crippen molar-refractivity contribution in [2.75, 3.05) is 0 Å². The summed E-state index contributed by atoms with van der Waals surface area (Å²) in [6.07, 6.45) is 0.259. The second kappa shape index (κ2) is 6.50. The van der Waals surface area contributed by atoms with Crippen molar-refractivity contribution in [1.82, 2.24) is 4.72 Å². The summed E-state index contributed by atoms with van der Waals surface area (Å²) in [7, 11) is -3.60. The van der Waals surface area contributed by atoms with Gasteiger partial charge in [-0.05, 0) is 17.5 Å². The van der Waals surface area contributed by atoms with Crippen LogP contribution in [0.2, 0.25) is 0 Å². The van der Waals surface area contributed by atoms with Crippen LogP contribution in [-0.2, 0) is 23.2 Å². The molecule has 2 N–H and O–H groups in total. The minimum atomic E-state index is -3.60. The van der Waals surface area contributed by atoms with E-state index in [1.54, 1.807) is 37.3 Å². The van der Waals surface area contributed by atoms with Gasteiger partial charge in [-0.25, -0.2) is 13.1 Å². The van der Waals surface area contributed by atoms with Gasteiger partial charge in [-0.3, -0.25) is 0 Å². The quantitative estimate of drug-likeness (QED) is 0.802. The average Bonchev–Trinajstić information content (AvgIpc) is 2.38. The Bertz CT molecular complexity index is 517. The molecule has 0 aliphatic carbocycles. The van der Waals surface area contributed by atoms with Crippen LogP contribution in [0.25, 0.3) is 0 Å². The van der Waals surface area contributed by atoms with Crippen LogP contribution in [-0.4, -0.2) is 18.8 Å². The molecule has 0 saturated heterocycles. The van der Waals surface area contributed by atoms with Crippen molar-refractivity contribution in [2.45, 2.75) is 31.7 Å². The molecule has 1 unspecified atom stereocenters. The van der Waals surface area contributed by atoms with Crippen molar-refractivity contribution >= 4 is 10.0 Å². The molecule has 1 aromatic rings. The fourth-order valence-corrected chi connectivity index (χ4v) is 2.57. The number of benzene rings is 1. The fourth-order valence-electron chi connectivity index (χ4n) is 1.43. The van der Waals surface area contributed by atoms with E-state index in [-0.39, 0.29) is 19.6 Å². The Hall–Kier alpha value is -1.42. The Morgan fingerprint density at radius 2 is 1.89 bits per heavy atom. The van der Waals surface area contributed by atoms with Gasteiger partial charge >= 0.3 is 0 Å². The first kappa shape index (κ1) is 14.6. The molecule has 0 spiro atoms. The van der Waals surface area contributed by atoms with Crippen LogP contribution in [0.5, 0.6) is 0 Å². The van der Waals surface area contributed by atoms with Crippen LogP contribution in [0.15, 0.2) is 24.3 Å². The third kappa shape index (κ3) is 3.81. The Kier molecular flexibility index (Phi) is 5.28. The van der Waals surface area contributed by atoms with Crippen LogP contribution in [0.3, 0.4) is 0 Å². The number of rotatable bonds is 6. The molecule has 0 bridgehead atoms. The summed E-state index contributed by atoms with van der Waals surface area (Å²) < 4.78 is 25.8. The van der Waals surface area contributed by atoms with E-state index in [1.807, 2.05) is 0 Å². The zero-order valence-electron chi connectivity index (χ0n) is 10.1. The van der Waals surface area contributed by atoms with Crippen molar-refractivity contribution in [3.63, 3.8) is 0 Å². The first-order valence-electron chi connectivity index (χ1n) is 5.60. The summed E-state index contributed by atoms with van der Waals surface area (Å²) in [4.78, 5) is 0. The van der Waals surface area contributed by atoms with E-state index in [4.69, 9.17) is 10.4 Å². The molecule has 0 amide bonds. The number of sulfonamides is 1. The standard InChI is InChI=1S/C12H16N2O3S/c1-2-12(7-13)18(16,17)14-8-10-3-5-11(9-15)6-4-10/h3-6,12,14-15H,2,8-9H2,1H3. The number of nitrogens with zero attached hydrogens (tertiary/aromatic N) is 1. The molecule has 98 valence electrons. The second-order valence-corrected chi connectivity index (χ2v) is 5.81. The summed E-state index contributed by atoms with van der Waals surface area (Å²) in [5, 5.41) is 16.6. The van der Waals surface area contributed by atoms with E-state index >= 15 is 0 Å². The van der Waals surface area contributed by atoms with Crippen LogP contribution < -0.4 is 4.72 Å². The molecule has 18 heavy (non-hydrogen) atoms. The molecule has 1 rings (SSSR count). The van der Waals surface area contributed by atoms with Gasteiger partial charge in [-0.2, -0.15) is 5.26 Å². The molecule has 0 aliphatic rings. The molecule has 0 fully saturated rings. The first-order valence-corrected chi connectivity index (χ1v) is 7.15. The molecule has 1 atom stereocenters. The highest BCUT2D eigenvalue weighted by Crippen LogP contribution is 2.07. The zero-order valence-corrected chi connectivity index (χ0v) is 10.9. The molecule has 0 aliphatic heterocycles. The van der Waals surface area contributed by atoms with Gasteiger partial charge in [0.15, 0.2) is 5.25 Å². The van der Waals surface area contributed by atoms with Gasteiger partial charge in [0.1, 0.15) is 0 Å². The van der Waals surface area contributed by atoms with Crippen molar-refractivity contribution in [1.29, 1.82) is 5.26 Å². The molecule has 5 nitrogen and oxygen atoms in total. The molecule has 1 aromatic carbocycles. The third-order valence-corrected chi connectivity index (χ3v) is 4.31. The smallest absolute Gasteiger partial charge is 0.228 e. The summed E-state index contributed by atoms with van der Waals surface area (Å²) in [5.74, 6) is 0. The lowest BCUT2D eigenvalue weighted by atomic mass is 10.1. The van der Waals surface area contributed by atoms with Crippen molar-refractivity contribution < 1.29 is 13.5 Å². The van der Waals surface area contributed by atoms with Crippen LogP contribution >= 0.6 is 0 Å². The molecule has 0 heterocycles. The van der Waals surface area contributed by atoms with Crippen molar-refractivity contribution in [3.05, 3.63) is 35.4 Å². The maximum atomic E-state index is 11.7.